The molecule has 2 aromatic carbocycles. The summed E-state index contributed by atoms with van der Waals surface area (Å²) in [6, 6.07) is 15.1. The predicted octanol–water partition coefficient (Wildman–Crippen LogP) is 2.24. The number of fused-ring (bicyclic) bond motifs is 4. The molecule has 1 aliphatic carbocycles. The van der Waals surface area contributed by atoms with Crippen molar-refractivity contribution in [2.45, 2.75) is 24.0 Å². The van der Waals surface area contributed by atoms with Crippen LogP contribution in [0.3, 0.4) is 0 Å². The number of hydrogen-bond acceptors (Lipinski definition) is 6. The summed E-state index contributed by atoms with van der Waals surface area (Å²) >= 11 is 0. The number of carbonyl (C=O) groups is 3. The highest BCUT2D eigenvalue weighted by Crippen LogP contribution is 2.44. The fourth-order valence-electron chi connectivity index (χ4n) is 5.58. The van der Waals surface area contributed by atoms with E-state index in [1.807, 2.05) is 36.4 Å². The molecule has 3 aliphatic rings. The minimum absolute atomic E-state index is 0.0571. The second kappa shape index (κ2) is 9.31. The van der Waals surface area contributed by atoms with E-state index in [0.717, 1.165) is 22.3 Å². The Morgan fingerprint density at radius 3 is 2.40 bits per heavy atom. The highest BCUT2D eigenvalue weighted by Gasteiger charge is 2.58. The van der Waals surface area contributed by atoms with Crippen LogP contribution in [0.15, 0.2) is 48.5 Å². The van der Waals surface area contributed by atoms with Gasteiger partial charge in [-0.25, -0.2) is 9.59 Å². The number of benzene rings is 2. The average molecular weight is 481 g/mol. The lowest BCUT2D eigenvalue weighted by molar-refractivity contribution is -0.161. The lowest BCUT2D eigenvalue weighted by atomic mass is 9.91. The van der Waals surface area contributed by atoms with E-state index in [2.05, 4.69) is 17.4 Å². The highest BCUT2D eigenvalue weighted by atomic mass is 16.6. The number of aliphatic carboxylic acids is 1. The highest BCUT2D eigenvalue weighted by molar-refractivity contribution is 5.88. The van der Waals surface area contributed by atoms with Gasteiger partial charge in [-0.1, -0.05) is 48.5 Å². The molecule has 5 rings (SSSR count). The van der Waals surface area contributed by atoms with E-state index in [-0.39, 0.29) is 38.1 Å². The number of carboxylic acids is 1. The van der Waals surface area contributed by atoms with Crippen LogP contribution in [0.5, 0.6) is 0 Å². The Kier molecular flexibility index (Phi) is 6.21. The third kappa shape index (κ3) is 4.04. The molecular weight excluding hydrogens is 452 g/mol. The Morgan fingerprint density at radius 1 is 1.14 bits per heavy atom. The first-order valence-corrected chi connectivity index (χ1v) is 11.7. The molecule has 2 N–H and O–H groups in total. The van der Waals surface area contributed by atoms with Gasteiger partial charge < -0.3 is 29.5 Å². The average Bonchev–Trinajstić information content (AvgIpc) is 3.52. The van der Waals surface area contributed by atoms with Gasteiger partial charge in [0.15, 0.2) is 5.60 Å². The van der Waals surface area contributed by atoms with Crippen LogP contribution in [0.2, 0.25) is 0 Å². The molecule has 0 saturated carbocycles. The van der Waals surface area contributed by atoms with Crippen molar-refractivity contribution in [2.24, 2.45) is 5.92 Å². The number of amides is 2. The van der Waals surface area contributed by atoms with Crippen LogP contribution >= 0.6 is 0 Å². The van der Waals surface area contributed by atoms with Crippen molar-refractivity contribution in [3.8, 4) is 11.1 Å². The molecule has 2 aromatic rings. The second-order valence-electron chi connectivity index (χ2n) is 9.23. The van der Waals surface area contributed by atoms with Gasteiger partial charge in [0, 0.05) is 32.1 Å². The zero-order valence-electron chi connectivity index (χ0n) is 19.4. The van der Waals surface area contributed by atoms with Gasteiger partial charge in [0.25, 0.3) is 0 Å². The van der Waals surface area contributed by atoms with Crippen LogP contribution in [0.4, 0.5) is 4.79 Å². The van der Waals surface area contributed by atoms with Gasteiger partial charge in [0.2, 0.25) is 5.91 Å². The zero-order chi connectivity index (χ0) is 24.6. The maximum absolute atomic E-state index is 13.2. The van der Waals surface area contributed by atoms with Gasteiger partial charge in [0.05, 0.1) is 13.2 Å². The topological polar surface area (TPSA) is 114 Å². The number of methoxy groups -OCH3 is 1. The molecule has 184 valence electrons. The van der Waals surface area contributed by atoms with Crippen molar-refractivity contribution in [1.29, 1.82) is 0 Å². The minimum Gasteiger partial charge on any atom is -0.479 e. The summed E-state index contributed by atoms with van der Waals surface area (Å²) in [6.45, 7) is 0.620. The molecule has 0 spiro atoms. The number of likely N-dealkylation sites (tertiary alicyclic amines) is 1. The van der Waals surface area contributed by atoms with Crippen LogP contribution in [0, 0.1) is 5.92 Å². The summed E-state index contributed by atoms with van der Waals surface area (Å²) in [5, 5.41) is 12.3. The number of ether oxygens (including phenoxy) is 3. The first kappa shape index (κ1) is 23.3. The van der Waals surface area contributed by atoms with Crippen LogP contribution < -0.4 is 5.32 Å². The van der Waals surface area contributed by atoms with Gasteiger partial charge in [0.1, 0.15) is 12.6 Å². The third-order valence-electron chi connectivity index (χ3n) is 7.29. The van der Waals surface area contributed by atoms with Gasteiger partial charge >= 0.3 is 12.1 Å². The molecule has 3 unspecified atom stereocenters. The minimum atomic E-state index is -1.38. The third-order valence-corrected chi connectivity index (χ3v) is 7.29. The molecule has 2 aliphatic heterocycles. The Balaban J connectivity index is 1.24. The molecule has 9 heteroatoms. The predicted molar refractivity (Wildman–Crippen MR) is 125 cm³/mol. The molecule has 0 bridgehead atoms. The van der Waals surface area contributed by atoms with Crippen molar-refractivity contribution in [3.05, 3.63) is 59.7 Å². The first-order chi connectivity index (χ1) is 16.9. The molecule has 9 nitrogen and oxygen atoms in total. The summed E-state index contributed by atoms with van der Waals surface area (Å²) in [7, 11) is 1.43. The number of nitrogens with zero attached hydrogens (tertiary/aromatic N) is 1. The van der Waals surface area contributed by atoms with Crippen molar-refractivity contribution in [2.75, 3.05) is 40.0 Å². The molecule has 0 aromatic heterocycles. The summed E-state index contributed by atoms with van der Waals surface area (Å²) in [5.74, 6) is -1.86. The van der Waals surface area contributed by atoms with Crippen LogP contribution in [-0.2, 0) is 23.8 Å². The Hall–Kier alpha value is -3.43. The largest absolute Gasteiger partial charge is 0.479 e. The number of hydrogen-bond donors (Lipinski definition) is 2. The number of nitrogens with one attached hydrogen (secondary N) is 1. The van der Waals surface area contributed by atoms with E-state index in [9.17, 15) is 19.5 Å². The molecule has 2 fully saturated rings. The summed E-state index contributed by atoms with van der Waals surface area (Å²) in [5.41, 5.74) is 3.05. The smallest absolute Gasteiger partial charge is 0.407 e. The lowest BCUT2D eigenvalue weighted by Crippen LogP contribution is -2.52. The standard InChI is InChI=1S/C26H28N2O7/c1-33-14-22(23(29)28-12-16-10-11-35-26(16,15-28)24(30)31)27-25(32)34-13-21-19-8-4-2-6-17(19)18-7-3-5-9-20(18)21/h2-9,16,21-22H,10-15H2,1H3,(H,27,32)(H,30,31). The van der Waals surface area contributed by atoms with E-state index in [1.54, 1.807) is 0 Å². The van der Waals surface area contributed by atoms with Gasteiger partial charge in [-0.2, -0.15) is 0 Å². The van der Waals surface area contributed by atoms with Crippen molar-refractivity contribution >= 4 is 18.0 Å². The van der Waals surface area contributed by atoms with Crippen LogP contribution in [0.25, 0.3) is 11.1 Å². The molecular formula is C26H28N2O7. The number of carboxylic acid groups (broad SMARTS) is 1. The maximum Gasteiger partial charge on any atom is 0.407 e. The van der Waals surface area contributed by atoms with Gasteiger partial charge in [-0.3, -0.25) is 4.79 Å². The van der Waals surface area contributed by atoms with E-state index < -0.39 is 29.6 Å². The van der Waals surface area contributed by atoms with E-state index >= 15 is 0 Å². The molecule has 3 atom stereocenters. The molecule has 2 amide bonds. The van der Waals surface area contributed by atoms with Crippen LogP contribution in [-0.4, -0.2) is 79.6 Å². The normalized spacial score (nSPS) is 23.3. The quantitative estimate of drug-likeness (QED) is 0.625. The van der Waals surface area contributed by atoms with Gasteiger partial charge in [-0.15, -0.1) is 0 Å². The van der Waals surface area contributed by atoms with E-state index in [0.29, 0.717) is 13.0 Å². The van der Waals surface area contributed by atoms with E-state index in [1.165, 1.54) is 12.0 Å². The Labute approximate surface area is 203 Å². The van der Waals surface area contributed by atoms with Crippen LogP contribution in [0.1, 0.15) is 23.5 Å². The fraction of sp³-hybridized carbons (Fsp3) is 0.423. The van der Waals surface area contributed by atoms with Crippen molar-refractivity contribution in [3.63, 3.8) is 0 Å². The Morgan fingerprint density at radius 2 is 1.80 bits per heavy atom. The van der Waals surface area contributed by atoms with E-state index in [4.69, 9.17) is 14.2 Å². The summed E-state index contributed by atoms with van der Waals surface area (Å²) < 4.78 is 16.3. The summed E-state index contributed by atoms with van der Waals surface area (Å²) in [4.78, 5) is 39.2. The zero-order valence-corrected chi connectivity index (χ0v) is 19.4. The monoisotopic (exact) mass is 480 g/mol. The first-order valence-electron chi connectivity index (χ1n) is 11.7. The number of alkyl carbamates (subject to hydrolysis) is 1. The SMILES string of the molecule is COCC(NC(=O)OCC1c2ccccc2-c2ccccc21)C(=O)N1CC2CCOC2(C(=O)O)C1. The molecule has 2 heterocycles. The molecule has 0 radical (unpaired) electrons. The van der Waals surface area contributed by atoms with Gasteiger partial charge in [-0.05, 0) is 28.7 Å². The maximum atomic E-state index is 13.2. The lowest BCUT2D eigenvalue weighted by Gasteiger charge is -2.26. The molecule has 35 heavy (non-hydrogen) atoms. The number of rotatable bonds is 7. The number of carbonyl (C=O) groups excluding carboxylic acids is 2. The van der Waals surface area contributed by atoms with Crippen molar-refractivity contribution < 1.29 is 33.7 Å². The summed E-state index contributed by atoms with van der Waals surface area (Å²) in [6.07, 6.45) is -0.156. The fourth-order valence-corrected chi connectivity index (χ4v) is 5.58. The van der Waals surface area contributed by atoms with Crippen molar-refractivity contribution in [1.82, 2.24) is 10.2 Å². The molecule has 2 saturated heterocycles. The second-order valence-corrected chi connectivity index (χ2v) is 9.23. The Bertz CT molecular complexity index is 1110.